The first-order valence-corrected chi connectivity index (χ1v) is 25.9. The molecule has 0 aromatic rings. The Morgan fingerprint density at radius 1 is 0.369 bits per heavy atom. The average Bonchev–Trinajstić information content (AvgIpc) is 3.31. The summed E-state index contributed by atoms with van der Waals surface area (Å²) in [7, 11) is 0. The molecule has 0 radical (unpaired) electrons. The van der Waals surface area contributed by atoms with E-state index in [1.807, 2.05) is 0 Å². The van der Waals surface area contributed by atoms with E-state index in [0.717, 1.165) is 135 Å². The molecule has 0 fully saturated rings. The van der Waals surface area contributed by atoms with Crippen LogP contribution in [0, 0.1) is 0 Å². The monoisotopic (exact) mass is 895 g/mol. The van der Waals surface area contributed by atoms with E-state index in [2.05, 4.69) is 160 Å². The molecule has 0 aromatic carbocycles. The zero-order chi connectivity index (χ0) is 47.0. The highest BCUT2D eigenvalue weighted by Gasteiger charge is 2.16. The molecule has 0 aliphatic heterocycles. The Morgan fingerprint density at radius 3 is 1.00 bits per heavy atom. The number of esters is 2. The van der Waals surface area contributed by atoms with Gasteiger partial charge in [-0.2, -0.15) is 0 Å². The van der Waals surface area contributed by atoms with Gasteiger partial charge < -0.3 is 14.6 Å². The minimum atomic E-state index is -0.803. The molecule has 364 valence electrons. The quantitative estimate of drug-likeness (QED) is 0.0375. The third-order valence-electron chi connectivity index (χ3n) is 10.4. The van der Waals surface area contributed by atoms with Crippen molar-refractivity contribution in [3.8, 4) is 0 Å². The maximum absolute atomic E-state index is 12.3. The second kappa shape index (κ2) is 54.1. The number of ether oxygens (including phenoxy) is 2. The van der Waals surface area contributed by atoms with Gasteiger partial charge in [-0.1, -0.05) is 211 Å². The minimum Gasteiger partial charge on any atom is -0.462 e. The lowest BCUT2D eigenvalue weighted by molar-refractivity contribution is -0.161. The van der Waals surface area contributed by atoms with E-state index in [4.69, 9.17) is 9.47 Å². The Morgan fingerprint density at radius 2 is 0.662 bits per heavy atom. The molecule has 0 bridgehead atoms. The van der Waals surface area contributed by atoms with Crippen LogP contribution in [0.25, 0.3) is 0 Å². The van der Waals surface area contributed by atoms with Crippen molar-refractivity contribution in [3.63, 3.8) is 0 Å². The molecule has 0 amide bonds. The fourth-order valence-electron chi connectivity index (χ4n) is 6.49. The summed E-state index contributed by atoms with van der Waals surface area (Å²) in [5.41, 5.74) is 0. The normalized spacial score (nSPS) is 13.5. The van der Waals surface area contributed by atoms with Crippen LogP contribution in [0.1, 0.15) is 200 Å². The molecule has 0 saturated carbocycles. The molecule has 65 heavy (non-hydrogen) atoms. The fourth-order valence-corrected chi connectivity index (χ4v) is 6.49. The number of allylic oxidation sites excluding steroid dienone is 24. The van der Waals surface area contributed by atoms with Crippen molar-refractivity contribution in [2.24, 2.45) is 0 Å². The summed E-state index contributed by atoms with van der Waals surface area (Å²) < 4.78 is 10.6. The van der Waals surface area contributed by atoms with Gasteiger partial charge in [0.25, 0.3) is 0 Å². The molecule has 1 unspecified atom stereocenters. The molecule has 0 aliphatic carbocycles. The number of aliphatic hydroxyl groups is 1. The highest BCUT2D eigenvalue weighted by molar-refractivity contribution is 5.70. The highest BCUT2D eigenvalue weighted by Crippen LogP contribution is 2.11. The van der Waals surface area contributed by atoms with Crippen LogP contribution >= 0.6 is 0 Å². The van der Waals surface area contributed by atoms with Crippen LogP contribution in [0.4, 0.5) is 0 Å². The smallest absolute Gasteiger partial charge is 0.306 e. The summed E-state index contributed by atoms with van der Waals surface area (Å²) >= 11 is 0. The SMILES string of the molecule is CC/C=C\C/C=C\C/C=C\C/C=C\C/C=C\C/C=C\C/C=C\C/C=C\C/C=C\C/C=C\CCCCCCC(=O)OC(CO)COC(=O)CCCCCCC/C=C\C/C=C\CCCCCC. The average molecular weight is 895 g/mol. The van der Waals surface area contributed by atoms with Crippen molar-refractivity contribution >= 4 is 11.9 Å². The summed E-state index contributed by atoms with van der Waals surface area (Å²) in [6.07, 6.45) is 82.2. The minimum absolute atomic E-state index is 0.0931. The van der Waals surface area contributed by atoms with Crippen LogP contribution in [0.15, 0.2) is 146 Å². The first-order valence-electron chi connectivity index (χ1n) is 25.9. The molecule has 5 nitrogen and oxygen atoms in total. The Labute approximate surface area is 399 Å². The summed E-state index contributed by atoms with van der Waals surface area (Å²) in [6, 6.07) is 0. The van der Waals surface area contributed by atoms with E-state index >= 15 is 0 Å². The topological polar surface area (TPSA) is 72.8 Å². The number of unbranched alkanes of at least 4 members (excludes halogenated alkanes) is 13. The summed E-state index contributed by atoms with van der Waals surface area (Å²) in [4.78, 5) is 24.4. The number of rotatable bonds is 45. The van der Waals surface area contributed by atoms with E-state index in [0.29, 0.717) is 12.8 Å². The van der Waals surface area contributed by atoms with E-state index in [9.17, 15) is 14.7 Å². The lowest BCUT2D eigenvalue weighted by Gasteiger charge is -2.15. The lowest BCUT2D eigenvalue weighted by Crippen LogP contribution is -2.28. The zero-order valence-corrected chi connectivity index (χ0v) is 41.4. The maximum atomic E-state index is 12.3. The molecule has 1 N–H and O–H groups in total. The van der Waals surface area contributed by atoms with Gasteiger partial charge in [-0.05, 0) is 122 Å². The summed E-state index contributed by atoms with van der Waals surface area (Å²) in [5, 5.41) is 9.61. The standard InChI is InChI=1S/C60H94O5/c1-3-5-7-9-11-13-15-17-19-21-22-23-24-25-26-27-28-29-30-31-32-33-34-35-36-37-38-39-41-43-45-47-49-51-53-55-60(63)65-58(56-61)57-64-59(62)54-52-50-48-46-44-42-40-20-18-16-14-12-10-8-6-4-2/h5,7,11,13-14,16-17,19-20,22-23,25-26,28-29,31-32,34-35,37-38,40-41,43,58,61H,3-4,6,8-10,12,15,18,21,24,27,30,33,36,39,42,44-57H2,1-2H3/b7-5-,13-11-,16-14-,19-17-,23-22-,26-25-,29-28-,32-31-,35-34-,38-37-,40-20-,43-41-. The number of hydrogen-bond donors (Lipinski definition) is 1. The number of carbonyl (C=O) groups excluding carboxylic acids is 2. The van der Waals surface area contributed by atoms with Gasteiger partial charge in [0.2, 0.25) is 0 Å². The molecule has 0 saturated heterocycles. The van der Waals surface area contributed by atoms with Crippen molar-refractivity contribution in [2.45, 2.75) is 206 Å². The van der Waals surface area contributed by atoms with Gasteiger partial charge in [0, 0.05) is 12.8 Å². The Bertz CT molecular complexity index is 1430. The Kier molecular flexibility index (Phi) is 50.6. The van der Waals surface area contributed by atoms with Crippen molar-refractivity contribution in [2.75, 3.05) is 13.2 Å². The molecular weight excluding hydrogens is 801 g/mol. The van der Waals surface area contributed by atoms with E-state index in [-0.39, 0.29) is 25.2 Å². The second-order valence-electron chi connectivity index (χ2n) is 16.5. The lowest BCUT2D eigenvalue weighted by atomic mass is 10.1. The first-order chi connectivity index (χ1) is 32.1. The molecule has 0 rings (SSSR count). The molecule has 5 heteroatoms. The summed E-state index contributed by atoms with van der Waals surface area (Å²) in [6.45, 7) is 3.96. The van der Waals surface area contributed by atoms with Crippen molar-refractivity contribution < 1.29 is 24.2 Å². The van der Waals surface area contributed by atoms with Crippen LogP contribution in [-0.4, -0.2) is 36.4 Å². The molecule has 0 spiro atoms. The van der Waals surface area contributed by atoms with Gasteiger partial charge in [-0.15, -0.1) is 0 Å². The second-order valence-corrected chi connectivity index (χ2v) is 16.5. The maximum Gasteiger partial charge on any atom is 0.306 e. The number of hydrogen-bond acceptors (Lipinski definition) is 5. The Balaban J connectivity index is 3.69. The van der Waals surface area contributed by atoms with E-state index in [1.54, 1.807) is 0 Å². The van der Waals surface area contributed by atoms with Crippen LogP contribution < -0.4 is 0 Å². The predicted octanol–water partition coefficient (Wildman–Crippen LogP) is 17.5. The van der Waals surface area contributed by atoms with Crippen LogP contribution in [0.2, 0.25) is 0 Å². The largest absolute Gasteiger partial charge is 0.462 e. The van der Waals surface area contributed by atoms with Gasteiger partial charge in [-0.25, -0.2) is 0 Å². The first kappa shape index (κ1) is 60.8. The van der Waals surface area contributed by atoms with Gasteiger partial charge >= 0.3 is 11.9 Å². The molecule has 0 aromatic heterocycles. The molecular formula is C60H94O5. The fraction of sp³-hybridized carbons (Fsp3) is 0.567. The molecule has 0 heterocycles. The molecule has 1 atom stereocenters. The van der Waals surface area contributed by atoms with Crippen molar-refractivity contribution in [3.05, 3.63) is 146 Å². The zero-order valence-electron chi connectivity index (χ0n) is 41.4. The third-order valence-corrected chi connectivity index (χ3v) is 10.4. The molecule has 0 aliphatic rings. The van der Waals surface area contributed by atoms with E-state index in [1.165, 1.54) is 38.5 Å². The van der Waals surface area contributed by atoms with Crippen LogP contribution in [0.5, 0.6) is 0 Å². The van der Waals surface area contributed by atoms with Gasteiger partial charge in [0.15, 0.2) is 6.10 Å². The third kappa shape index (κ3) is 52.3. The van der Waals surface area contributed by atoms with Crippen molar-refractivity contribution in [1.29, 1.82) is 0 Å². The van der Waals surface area contributed by atoms with Crippen LogP contribution in [0.3, 0.4) is 0 Å². The van der Waals surface area contributed by atoms with Gasteiger partial charge in [0.1, 0.15) is 6.61 Å². The number of carbonyl (C=O) groups is 2. The summed E-state index contributed by atoms with van der Waals surface area (Å²) in [5.74, 6) is -0.648. The Hall–Kier alpha value is -4.22. The predicted molar refractivity (Wildman–Crippen MR) is 283 cm³/mol. The highest BCUT2D eigenvalue weighted by atomic mass is 16.6. The number of aliphatic hydroxyl groups excluding tert-OH is 1. The van der Waals surface area contributed by atoms with Gasteiger partial charge in [0.05, 0.1) is 6.61 Å². The van der Waals surface area contributed by atoms with E-state index < -0.39 is 6.10 Å². The van der Waals surface area contributed by atoms with Gasteiger partial charge in [-0.3, -0.25) is 9.59 Å². The van der Waals surface area contributed by atoms with Crippen LogP contribution in [-0.2, 0) is 19.1 Å². The van der Waals surface area contributed by atoms with Crippen molar-refractivity contribution in [1.82, 2.24) is 0 Å².